The van der Waals surface area contributed by atoms with Gasteiger partial charge < -0.3 is 14.4 Å². The number of aryl methyl sites for hydroxylation is 1. The highest BCUT2D eigenvalue weighted by Crippen LogP contribution is 2.48. The molecule has 0 saturated heterocycles. The van der Waals surface area contributed by atoms with Gasteiger partial charge in [-0.15, -0.1) is 17.1 Å². The van der Waals surface area contributed by atoms with Crippen molar-refractivity contribution in [3.05, 3.63) is 34.7 Å². The molecule has 0 aliphatic heterocycles. The van der Waals surface area contributed by atoms with Gasteiger partial charge in [-0.05, 0) is 88.9 Å². The Morgan fingerprint density at radius 1 is 1.24 bits per heavy atom. The van der Waals surface area contributed by atoms with Crippen molar-refractivity contribution >= 4 is 21.6 Å². The summed E-state index contributed by atoms with van der Waals surface area (Å²) in [5.41, 5.74) is 5.80. The first kappa shape index (κ1) is 24.4. The summed E-state index contributed by atoms with van der Waals surface area (Å²) in [5, 5.41) is 1.15. The van der Waals surface area contributed by atoms with Crippen LogP contribution in [-0.4, -0.2) is 54.3 Å². The highest BCUT2D eigenvalue weighted by atomic mass is 32.1. The monoisotopic (exact) mass is 469 g/mol. The molecular weight excluding hydrogens is 430 g/mol. The Morgan fingerprint density at radius 3 is 2.70 bits per heavy atom. The Hall–Kier alpha value is -1.72. The second-order valence-corrected chi connectivity index (χ2v) is 10.9. The fourth-order valence-electron chi connectivity index (χ4n) is 5.57. The second kappa shape index (κ2) is 11.1. The molecule has 0 radical (unpaired) electrons. The normalized spacial score (nSPS) is 23.5. The first-order valence-electron chi connectivity index (χ1n) is 12.6. The van der Waals surface area contributed by atoms with Gasteiger partial charge in [-0.25, -0.2) is 9.97 Å². The van der Waals surface area contributed by atoms with Crippen LogP contribution in [0.25, 0.3) is 10.2 Å². The molecule has 2 aromatic heterocycles. The molecule has 4 rings (SSSR count). The molecule has 2 aliphatic carbocycles. The number of aromatic nitrogens is 2. The third kappa shape index (κ3) is 5.35. The van der Waals surface area contributed by atoms with Gasteiger partial charge in [0, 0.05) is 18.0 Å². The summed E-state index contributed by atoms with van der Waals surface area (Å²) in [6.07, 6.45) is 13.0. The van der Waals surface area contributed by atoms with Crippen molar-refractivity contribution in [2.24, 2.45) is 0 Å². The maximum absolute atomic E-state index is 6.56. The summed E-state index contributed by atoms with van der Waals surface area (Å²) in [6, 6.07) is 0.663. The van der Waals surface area contributed by atoms with E-state index in [1.54, 1.807) is 6.33 Å². The van der Waals surface area contributed by atoms with Gasteiger partial charge in [0.1, 0.15) is 17.3 Å². The van der Waals surface area contributed by atoms with E-state index in [-0.39, 0.29) is 12.2 Å². The van der Waals surface area contributed by atoms with Crippen LogP contribution >= 0.6 is 11.3 Å². The number of hydrogen-bond donors (Lipinski definition) is 0. The third-order valence-corrected chi connectivity index (χ3v) is 8.72. The van der Waals surface area contributed by atoms with Crippen LogP contribution in [0, 0.1) is 0 Å². The Balaban J connectivity index is 1.55. The van der Waals surface area contributed by atoms with Crippen LogP contribution < -0.4 is 4.74 Å². The van der Waals surface area contributed by atoms with Gasteiger partial charge >= 0.3 is 0 Å². The fraction of sp³-hybridized carbons (Fsp3) is 0.667. The predicted molar refractivity (Wildman–Crippen MR) is 136 cm³/mol. The van der Waals surface area contributed by atoms with Crippen molar-refractivity contribution in [3.8, 4) is 5.88 Å². The van der Waals surface area contributed by atoms with Gasteiger partial charge in [-0.1, -0.05) is 19.9 Å². The van der Waals surface area contributed by atoms with Crippen LogP contribution in [0.5, 0.6) is 5.88 Å². The van der Waals surface area contributed by atoms with Gasteiger partial charge in [0.25, 0.3) is 0 Å². The molecule has 6 heteroatoms. The maximum atomic E-state index is 6.56. The predicted octanol–water partition coefficient (Wildman–Crippen LogP) is 6.28. The van der Waals surface area contributed by atoms with Gasteiger partial charge in [0.15, 0.2) is 0 Å². The summed E-state index contributed by atoms with van der Waals surface area (Å²) < 4.78 is 12.5. The lowest BCUT2D eigenvalue weighted by molar-refractivity contribution is 0.108. The molecule has 0 amide bonds. The maximum Gasteiger partial charge on any atom is 0.225 e. The molecule has 1 saturated carbocycles. The molecule has 0 spiro atoms. The standard InChI is InChI=1S/C27H39N3O2S/c1-6-8-9-18(7-2)22(31-5)16-19-10-15-23-24(19)25-26(28-17-29-27(25)33-23)32-21-13-11-20(12-14-21)30(3)4/h17,19-22H,2,6,8-16H2,1,3-5H3. The third-order valence-electron chi connectivity index (χ3n) is 7.55. The average Bonchev–Trinajstić information content (AvgIpc) is 3.38. The highest BCUT2D eigenvalue weighted by molar-refractivity contribution is 7.19. The molecule has 33 heavy (non-hydrogen) atoms. The minimum Gasteiger partial charge on any atom is -0.474 e. The molecule has 1 fully saturated rings. The molecule has 2 aromatic rings. The van der Waals surface area contributed by atoms with Gasteiger partial charge in [-0.2, -0.15) is 0 Å². The molecule has 180 valence electrons. The Labute approximate surface area is 202 Å². The van der Waals surface area contributed by atoms with Crippen LogP contribution in [0.4, 0.5) is 0 Å². The van der Waals surface area contributed by atoms with Crippen LogP contribution in [0.3, 0.4) is 0 Å². The molecule has 0 N–H and O–H groups in total. The summed E-state index contributed by atoms with van der Waals surface area (Å²) >= 11 is 1.82. The minimum atomic E-state index is 0.0651. The van der Waals surface area contributed by atoms with Crippen molar-refractivity contribution in [1.29, 1.82) is 0 Å². The topological polar surface area (TPSA) is 47.5 Å². The lowest BCUT2D eigenvalue weighted by Crippen LogP contribution is -2.35. The molecule has 2 aliphatic rings. The molecule has 2 heterocycles. The Morgan fingerprint density at radius 2 is 2.03 bits per heavy atom. The summed E-state index contributed by atoms with van der Waals surface area (Å²) in [4.78, 5) is 14.1. The molecule has 0 bridgehead atoms. The molecular formula is C27H39N3O2S. The lowest BCUT2D eigenvalue weighted by atomic mass is 9.90. The number of nitrogens with zero attached hydrogens (tertiary/aromatic N) is 3. The van der Waals surface area contributed by atoms with Crippen molar-refractivity contribution in [2.45, 2.75) is 95.3 Å². The van der Waals surface area contributed by atoms with Crippen molar-refractivity contribution in [3.63, 3.8) is 0 Å². The van der Waals surface area contributed by atoms with E-state index in [0.717, 1.165) is 61.0 Å². The first-order valence-corrected chi connectivity index (χ1v) is 13.4. The molecule has 5 nitrogen and oxygen atoms in total. The van der Waals surface area contributed by atoms with E-state index in [1.165, 1.54) is 35.3 Å². The number of unbranched alkanes of at least 4 members (excludes halogenated alkanes) is 1. The number of hydrogen-bond acceptors (Lipinski definition) is 6. The van der Waals surface area contributed by atoms with Gasteiger partial charge in [-0.3, -0.25) is 0 Å². The summed E-state index contributed by atoms with van der Waals surface area (Å²) in [5.74, 6) is 1.22. The molecule has 2 unspecified atom stereocenters. The Kier molecular flexibility index (Phi) is 8.24. The van der Waals surface area contributed by atoms with Gasteiger partial charge in [0.05, 0.1) is 11.5 Å². The number of methoxy groups -OCH3 is 1. The smallest absolute Gasteiger partial charge is 0.225 e. The Bertz CT molecular complexity index is 987. The van der Waals surface area contributed by atoms with E-state index in [1.807, 2.05) is 18.4 Å². The van der Waals surface area contributed by atoms with Crippen molar-refractivity contribution in [2.75, 3.05) is 21.2 Å². The zero-order valence-corrected chi connectivity index (χ0v) is 21.5. The zero-order chi connectivity index (χ0) is 23.4. The fourth-order valence-corrected chi connectivity index (χ4v) is 6.80. The lowest BCUT2D eigenvalue weighted by Gasteiger charge is -2.32. The quantitative estimate of drug-likeness (QED) is 0.383. The second-order valence-electron chi connectivity index (χ2n) is 9.81. The van der Waals surface area contributed by atoms with Crippen LogP contribution in [-0.2, 0) is 11.2 Å². The van der Waals surface area contributed by atoms with E-state index >= 15 is 0 Å². The van der Waals surface area contributed by atoms with Crippen molar-refractivity contribution in [1.82, 2.24) is 14.9 Å². The van der Waals surface area contributed by atoms with Crippen LogP contribution in [0.1, 0.15) is 81.1 Å². The zero-order valence-electron chi connectivity index (χ0n) is 20.7. The van der Waals surface area contributed by atoms with Crippen molar-refractivity contribution < 1.29 is 9.47 Å². The van der Waals surface area contributed by atoms with E-state index < -0.39 is 0 Å². The number of ether oxygens (including phenoxy) is 2. The largest absolute Gasteiger partial charge is 0.474 e. The SMILES string of the molecule is C=C=C(CCCC)C(CC1CCc2sc3ncnc(OC4CCC(N(C)C)CC4)c3c21)OC. The number of rotatable bonds is 10. The van der Waals surface area contributed by atoms with Gasteiger partial charge in [0.2, 0.25) is 5.88 Å². The van der Waals surface area contributed by atoms with Crippen LogP contribution in [0.15, 0.2) is 24.2 Å². The molecule has 2 atom stereocenters. The average molecular weight is 470 g/mol. The van der Waals surface area contributed by atoms with E-state index in [2.05, 4.69) is 48.2 Å². The minimum absolute atomic E-state index is 0.0651. The summed E-state index contributed by atoms with van der Waals surface area (Å²) in [6.45, 7) is 6.17. The number of fused-ring (bicyclic) bond motifs is 3. The highest BCUT2D eigenvalue weighted by Gasteiger charge is 2.33. The van der Waals surface area contributed by atoms with E-state index in [4.69, 9.17) is 9.47 Å². The first-order chi connectivity index (χ1) is 16.0. The van der Waals surface area contributed by atoms with Crippen LogP contribution in [0.2, 0.25) is 0 Å². The number of thiophene rings is 1. The summed E-state index contributed by atoms with van der Waals surface area (Å²) in [7, 11) is 6.17. The molecule has 0 aromatic carbocycles. The van der Waals surface area contributed by atoms with E-state index in [9.17, 15) is 0 Å². The van der Waals surface area contributed by atoms with E-state index in [0.29, 0.717) is 12.0 Å².